The Hall–Kier alpha value is -2.44. The number of hydrogen-bond donors (Lipinski definition) is 1. The minimum Gasteiger partial charge on any atom is -0.460 e. The van der Waals surface area contributed by atoms with E-state index in [0.717, 1.165) is 19.3 Å². The van der Waals surface area contributed by atoms with Crippen molar-refractivity contribution in [1.29, 1.82) is 0 Å². The second-order valence-electron chi connectivity index (χ2n) is 12.7. The van der Waals surface area contributed by atoms with Gasteiger partial charge in [0, 0.05) is 18.6 Å². The molecule has 1 amide bonds. The Labute approximate surface area is 230 Å². The van der Waals surface area contributed by atoms with E-state index in [1.165, 1.54) is 10.4 Å². The SMILES string of the molecule is CCC(CNC(=O)[C@H]1CCC[C@@H](O[Si](c2ccccc2)(c2ccccc2)C(C)(C)C)C1)C(=O)OC(C)(C)C. The zero-order chi connectivity index (χ0) is 28.0. The Balaban J connectivity index is 1.78. The van der Waals surface area contributed by atoms with Gasteiger partial charge in [-0.25, -0.2) is 0 Å². The average molecular weight is 538 g/mol. The number of nitrogens with one attached hydrogen (secondary N) is 1. The van der Waals surface area contributed by atoms with Crippen LogP contribution in [0.5, 0.6) is 0 Å². The van der Waals surface area contributed by atoms with Crippen molar-refractivity contribution in [3.05, 3.63) is 60.7 Å². The highest BCUT2D eigenvalue weighted by atomic mass is 28.4. The lowest BCUT2D eigenvalue weighted by Crippen LogP contribution is -2.68. The lowest BCUT2D eigenvalue weighted by atomic mass is 9.86. The van der Waals surface area contributed by atoms with Crippen LogP contribution in [0.3, 0.4) is 0 Å². The Kier molecular flexibility index (Phi) is 9.99. The first-order chi connectivity index (χ1) is 17.9. The second kappa shape index (κ2) is 12.6. The molecule has 5 nitrogen and oxygen atoms in total. The molecule has 0 heterocycles. The zero-order valence-corrected chi connectivity index (χ0v) is 25.4. The van der Waals surface area contributed by atoms with Gasteiger partial charge in [-0.1, -0.05) is 94.8 Å². The Morgan fingerprint density at radius 3 is 1.95 bits per heavy atom. The number of ether oxygens (including phenoxy) is 1. The molecule has 1 aliphatic rings. The van der Waals surface area contributed by atoms with E-state index < -0.39 is 13.9 Å². The number of benzene rings is 2. The van der Waals surface area contributed by atoms with Crippen LogP contribution in [0.25, 0.3) is 0 Å². The zero-order valence-electron chi connectivity index (χ0n) is 24.4. The normalized spacial score (nSPS) is 19.4. The molecule has 1 N–H and O–H groups in total. The molecule has 0 saturated heterocycles. The van der Waals surface area contributed by atoms with Crippen LogP contribution >= 0.6 is 0 Å². The van der Waals surface area contributed by atoms with Gasteiger partial charge in [-0.2, -0.15) is 0 Å². The number of hydrogen-bond acceptors (Lipinski definition) is 4. The summed E-state index contributed by atoms with van der Waals surface area (Å²) in [6.07, 6.45) is 4.06. The highest BCUT2D eigenvalue weighted by Gasteiger charge is 2.51. The van der Waals surface area contributed by atoms with Crippen LogP contribution in [-0.2, 0) is 18.8 Å². The smallest absolute Gasteiger partial charge is 0.311 e. The topological polar surface area (TPSA) is 64.6 Å². The summed E-state index contributed by atoms with van der Waals surface area (Å²) < 4.78 is 12.9. The molecule has 3 rings (SSSR count). The van der Waals surface area contributed by atoms with Crippen molar-refractivity contribution in [3.8, 4) is 0 Å². The predicted octanol–water partition coefficient (Wildman–Crippen LogP) is 5.61. The van der Waals surface area contributed by atoms with E-state index in [0.29, 0.717) is 19.4 Å². The predicted molar refractivity (Wildman–Crippen MR) is 157 cm³/mol. The summed E-state index contributed by atoms with van der Waals surface area (Å²) >= 11 is 0. The molecular formula is C32H47NO4Si. The van der Waals surface area contributed by atoms with Gasteiger partial charge in [-0.3, -0.25) is 9.59 Å². The molecule has 38 heavy (non-hydrogen) atoms. The minimum absolute atomic E-state index is 0.00127. The van der Waals surface area contributed by atoms with E-state index in [9.17, 15) is 9.59 Å². The molecule has 0 aliphatic heterocycles. The van der Waals surface area contributed by atoms with E-state index in [1.807, 2.05) is 27.7 Å². The lowest BCUT2D eigenvalue weighted by molar-refractivity contribution is -0.160. The third-order valence-electron chi connectivity index (χ3n) is 7.51. The van der Waals surface area contributed by atoms with Gasteiger partial charge in [0.15, 0.2) is 0 Å². The summed E-state index contributed by atoms with van der Waals surface area (Å²) in [5.74, 6) is -0.700. The van der Waals surface area contributed by atoms with E-state index in [2.05, 4.69) is 86.8 Å². The van der Waals surface area contributed by atoms with Gasteiger partial charge in [0.1, 0.15) is 5.60 Å². The number of carbonyl (C=O) groups excluding carboxylic acids is 2. The fraction of sp³-hybridized carbons (Fsp3) is 0.562. The quantitative estimate of drug-likeness (QED) is 0.334. The highest BCUT2D eigenvalue weighted by molar-refractivity contribution is 6.99. The molecule has 0 bridgehead atoms. The first kappa shape index (κ1) is 30.1. The summed E-state index contributed by atoms with van der Waals surface area (Å²) in [5, 5.41) is 5.47. The Morgan fingerprint density at radius 2 is 1.47 bits per heavy atom. The minimum atomic E-state index is -2.67. The molecule has 3 atom stereocenters. The molecule has 0 spiro atoms. The van der Waals surface area contributed by atoms with Crippen molar-refractivity contribution in [3.63, 3.8) is 0 Å². The maximum Gasteiger partial charge on any atom is 0.311 e. The van der Waals surface area contributed by atoms with Gasteiger partial charge in [-0.15, -0.1) is 0 Å². The van der Waals surface area contributed by atoms with Gasteiger partial charge in [0.2, 0.25) is 5.91 Å². The fourth-order valence-electron chi connectivity index (χ4n) is 5.58. The molecule has 1 fully saturated rings. The van der Waals surface area contributed by atoms with E-state index in [-0.39, 0.29) is 34.9 Å². The van der Waals surface area contributed by atoms with Crippen LogP contribution in [0.15, 0.2) is 60.7 Å². The monoisotopic (exact) mass is 537 g/mol. The third kappa shape index (κ3) is 7.35. The maximum atomic E-state index is 13.3. The first-order valence-electron chi connectivity index (χ1n) is 14.2. The van der Waals surface area contributed by atoms with Crippen molar-refractivity contribution in [2.45, 2.75) is 97.3 Å². The molecule has 0 radical (unpaired) electrons. The molecule has 2 aromatic carbocycles. The molecular weight excluding hydrogens is 490 g/mol. The molecule has 0 aromatic heterocycles. The highest BCUT2D eigenvalue weighted by Crippen LogP contribution is 2.40. The van der Waals surface area contributed by atoms with Crippen LogP contribution in [-0.4, -0.2) is 38.4 Å². The standard InChI is InChI=1S/C32H47NO4Si/c1-8-24(30(35)36-31(2,3)4)23-33-29(34)25-16-15-17-26(22-25)37-38(32(5,6)7,27-18-11-9-12-19-27)28-20-13-10-14-21-28/h9-14,18-21,24-26H,8,15-17,22-23H2,1-7H3,(H,33,34)/t24?,25-,26+/m0/s1. The summed E-state index contributed by atoms with van der Waals surface area (Å²) in [6, 6.07) is 21.3. The fourth-order valence-corrected chi connectivity index (χ4v) is 10.3. The van der Waals surface area contributed by atoms with E-state index in [4.69, 9.17) is 9.16 Å². The average Bonchev–Trinajstić information content (AvgIpc) is 2.87. The maximum absolute atomic E-state index is 13.3. The van der Waals surface area contributed by atoms with Crippen molar-refractivity contribution < 1.29 is 18.8 Å². The van der Waals surface area contributed by atoms with E-state index >= 15 is 0 Å². The van der Waals surface area contributed by atoms with Gasteiger partial charge in [0.25, 0.3) is 8.32 Å². The number of esters is 1. The molecule has 208 valence electrons. The second-order valence-corrected chi connectivity index (χ2v) is 16.9. The molecule has 2 aromatic rings. The van der Waals surface area contributed by atoms with Gasteiger partial charge < -0.3 is 14.5 Å². The van der Waals surface area contributed by atoms with Crippen LogP contribution in [0.1, 0.15) is 80.6 Å². The summed E-state index contributed by atoms with van der Waals surface area (Å²) in [6.45, 7) is 14.7. The number of amides is 1. The van der Waals surface area contributed by atoms with Crippen molar-refractivity contribution in [2.24, 2.45) is 11.8 Å². The van der Waals surface area contributed by atoms with Crippen LogP contribution in [0.2, 0.25) is 5.04 Å². The van der Waals surface area contributed by atoms with Crippen LogP contribution in [0.4, 0.5) is 0 Å². The number of rotatable bonds is 9. The summed E-state index contributed by atoms with van der Waals surface area (Å²) in [4.78, 5) is 25.8. The van der Waals surface area contributed by atoms with E-state index in [1.54, 1.807) is 0 Å². The largest absolute Gasteiger partial charge is 0.460 e. The van der Waals surface area contributed by atoms with Crippen molar-refractivity contribution in [2.75, 3.05) is 6.54 Å². The van der Waals surface area contributed by atoms with Gasteiger partial charge in [-0.05, 0) is 61.9 Å². The molecule has 6 heteroatoms. The van der Waals surface area contributed by atoms with Crippen molar-refractivity contribution >= 4 is 30.6 Å². The van der Waals surface area contributed by atoms with Gasteiger partial charge >= 0.3 is 5.97 Å². The Morgan fingerprint density at radius 1 is 0.921 bits per heavy atom. The molecule has 1 aliphatic carbocycles. The first-order valence-corrected chi connectivity index (χ1v) is 16.1. The molecule has 1 unspecified atom stereocenters. The third-order valence-corrected chi connectivity index (χ3v) is 12.6. The van der Waals surface area contributed by atoms with Crippen LogP contribution < -0.4 is 15.7 Å². The summed E-state index contributed by atoms with van der Waals surface area (Å²) in [7, 11) is -2.67. The van der Waals surface area contributed by atoms with Gasteiger partial charge in [0.05, 0.1) is 5.92 Å². The van der Waals surface area contributed by atoms with Crippen molar-refractivity contribution in [1.82, 2.24) is 5.32 Å². The summed E-state index contributed by atoms with van der Waals surface area (Å²) in [5.41, 5.74) is -0.538. The Bertz CT molecular complexity index is 1000. The lowest BCUT2D eigenvalue weighted by Gasteiger charge is -2.46. The molecule has 1 saturated carbocycles. The number of carbonyl (C=O) groups is 2. The van der Waals surface area contributed by atoms with Crippen LogP contribution in [0, 0.1) is 11.8 Å².